The Labute approximate surface area is 134 Å². The van der Waals surface area contributed by atoms with E-state index in [0.717, 1.165) is 31.4 Å². The highest BCUT2D eigenvalue weighted by Crippen LogP contribution is 2.32. The van der Waals surface area contributed by atoms with E-state index in [9.17, 15) is 18.0 Å². The lowest BCUT2D eigenvalue weighted by atomic mass is 10.1. The van der Waals surface area contributed by atoms with E-state index in [1.54, 1.807) is 0 Å². The van der Waals surface area contributed by atoms with Crippen LogP contribution in [0.15, 0.2) is 22.7 Å². The smallest absolute Gasteiger partial charge is 0.352 e. The number of hydrogen-bond acceptors (Lipinski definition) is 1. The van der Waals surface area contributed by atoms with Gasteiger partial charge in [-0.3, -0.25) is 4.79 Å². The number of carbonyl (C=O) groups is 1. The molecular formula is C14H14BrClF3NO. The van der Waals surface area contributed by atoms with Crippen LogP contribution in [0.3, 0.4) is 0 Å². The largest absolute Gasteiger partial charge is 0.416 e. The summed E-state index contributed by atoms with van der Waals surface area (Å²) in [5, 5.41) is 2.82. The normalized spacial score (nSPS) is 22.3. The van der Waals surface area contributed by atoms with E-state index >= 15 is 0 Å². The van der Waals surface area contributed by atoms with E-state index in [2.05, 4.69) is 21.2 Å². The Morgan fingerprint density at radius 2 is 2.10 bits per heavy atom. The number of halogens is 5. The molecule has 1 fully saturated rings. The first-order chi connectivity index (χ1) is 9.77. The van der Waals surface area contributed by atoms with Gasteiger partial charge in [0.2, 0.25) is 0 Å². The average Bonchev–Trinajstić information content (AvgIpc) is 2.81. The second-order valence-electron chi connectivity index (χ2n) is 5.18. The predicted molar refractivity (Wildman–Crippen MR) is 78.5 cm³/mol. The van der Waals surface area contributed by atoms with Gasteiger partial charge in [-0.2, -0.15) is 13.2 Å². The molecule has 0 aliphatic heterocycles. The molecule has 21 heavy (non-hydrogen) atoms. The molecule has 1 amide bonds. The van der Waals surface area contributed by atoms with Crippen molar-refractivity contribution >= 4 is 33.4 Å². The molecule has 0 radical (unpaired) electrons. The zero-order valence-corrected chi connectivity index (χ0v) is 13.4. The number of carbonyl (C=O) groups excluding carboxylic acids is 1. The van der Waals surface area contributed by atoms with Gasteiger partial charge in [0.25, 0.3) is 5.91 Å². The first-order valence-corrected chi connectivity index (χ1v) is 7.79. The Balaban J connectivity index is 2.04. The van der Waals surface area contributed by atoms with Gasteiger partial charge in [-0.25, -0.2) is 0 Å². The van der Waals surface area contributed by atoms with Crippen molar-refractivity contribution in [2.24, 2.45) is 5.92 Å². The van der Waals surface area contributed by atoms with Crippen molar-refractivity contribution in [3.63, 3.8) is 0 Å². The first-order valence-electron chi connectivity index (χ1n) is 6.56. The van der Waals surface area contributed by atoms with Crippen LogP contribution >= 0.6 is 27.5 Å². The van der Waals surface area contributed by atoms with Gasteiger partial charge in [-0.1, -0.05) is 0 Å². The third-order valence-electron chi connectivity index (χ3n) is 3.57. The SMILES string of the molecule is O=C(NCC1CCC(Cl)C1)c1cc(C(F)(F)F)ccc1Br. The highest BCUT2D eigenvalue weighted by molar-refractivity contribution is 9.10. The van der Waals surface area contributed by atoms with Crippen molar-refractivity contribution in [1.29, 1.82) is 0 Å². The lowest BCUT2D eigenvalue weighted by Gasteiger charge is -2.13. The highest BCUT2D eigenvalue weighted by Gasteiger charge is 2.31. The van der Waals surface area contributed by atoms with Gasteiger partial charge in [0, 0.05) is 16.4 Å². The number of alkyl halides is 4. The topological polar surface area (TPSA) is 29.1 Å². The van der Waals surface area contributed by atoms with Crippen molar-refractivity contribution in [2.45, 2.75) is 30.8 Å². The fraction of sp³-hybridized carbons (Fsp3) is 0.500. The Morgan fingerprint density at radius 1 is 1.38 bits per heavy atom. The molecule has 2 nitrogen and oxygen atoms in total. The van der Waals surface area contributed by atoms with Crippen LogP contribution in [0.4, 0.5) is 13.2 Å². The molecule has 1 aromatic rings. The summed E-state index contributed by atoms with van der Waals surface area (Å²) in [6.45, 7) is 0.435. The number of hydrogen-bond donors (Lipinski definition) is 1. The van der Waals surface area contributed by atoms with E-state index in [0.29, 0.717) is 16.9 Å². The number of benzene rings is 1. The van der Waals surface area contributed by atoms with Gasteiger partial charge in [0.1, 0.15) is 0 Å². The maximum atomic E-state index is 12.7. The summed E-state index contributed by atoms with van der Waals surface area (Å²) in [6, 6.07) is 3.04. The summed E-state index contributed by atoms with van der Waals surface area (Å²) >= 11 is 9.10. The van der Waals surface area contributed by atoms with Crippen molar-refractivity contribution in [1.82, 2.24) is 5.32 Å². The Hall–Kier alpha value is -0.750. The number of rotatable bonds is 3. The molecule has 0 bridgehead atoms. The van der Waals surface area contributed by atoms with E-state index in [1.807, 2.05) is 0 Å². The maximum Gasteiger partial charge on any atom is 0.416 e. The molecule has 2 unspecified atom stereocenters. The summed E-state index contributed by atoms with van der Waals surface area (Å²) in [5.41, 5.74) is -0.845. The van der Waals surface area contributed by atoms with Crippen LogP contribution in [0, 0.1) is 5.92 Å². The average molecular weight is 385 g/mol. The van der Waals surface area contributed by atoms with Gasteiger partial charge in [0.15, 0.2) is 0 Å². The summed E-state index contributed by atoms with van der Waals surface area (Å²) in [5.74, 6) is -0.216. The monoisotopic (exact) mass is 383 g/mol. The van der Waals surface area contributed by atoms with Crippen LogP contribution < -0.4 is 5.32 Å². The molecule has 1 aromatic carbocycles. The van der Waals surface area contributed by atoms with Crippen LogP contribution in [0.2, 0.25) is 0 Å². The predicted octanol–water partition coefficient (Wildman–Crippen LogP) is 4.61. The minimum absolute atomic E-state index is 0.00903. The summed E-state index contributed by atoms with van der Waals surface area (Å²) in [4.78, 5) is 12.0. The van der Waals surface area contributed by atoms with E-state index < -0.39 is 17.6 Å². The van der Waals surface area contributed by atoms with Crippen molar-refractivity contribution in [3.8, 4) is 0 Å². The fourth-order valence-corrected chi connectivity index (χ4v) is 3.21. The van der Waals surface area contributed by atoms with Gasteiger partial charge in [-0.05, 0) is 59.3 Å². The van der Waals surface area contributed by atoms with Crippen LogP contribution in [0.25, 0.3) is 0 Å². The molecule has 2 atom stereocenters. The lowest BCUT2D eigenvalue weighted by Crippen LogP contribution is -2.29. The molecule has 0 heterocycles. The van der Waals surface area contributed by atoms with Crippen LogP contribution in [-0.4, -0.2) is 17.8 Å². The molecule has 0 spiro atoms. The number of amides is 1. The minimum Gasteiger partial charge on any atom is -0.352 e. The molecular weight excluding hydrogens is 371 g/mol. The third kappa shape index (κ3) is 4.36. The molecule has 1 aliphatic rings. The molecule has 1 aliphatic carbocycles. The zero-order valence-electron chi connectivity index (χ0n) is 11.0. The lowest BCUT2D eigenvalue weighted by molar-refractivity contribution is -0.137. The van der Waals surface area contributed by atoms with Crippen molar-refractivity contribution in [3.05, 3.63) is 33.8 Å². The third-order valence-corrected chi connectivity index (χ3v) is 4.65. The fourth-order valence-electron chi connectivity index (χ4n) is 2.41. The molecule has 0 saturated heterocycles. The first kappa shape index (κ1) is 16.6. The van der Waals surface area contributed by atoms with Crippen LogP contribution in [0.1, 0.15) is 35.2 Å². The summed E-state index contributed by atoms with van der Waals surface area (Å²) in [6.07, 6.45) is -1.80. The van der Waals surface area contributed by atoms with Crippen molar-refractivity contribution in [2.75, 3.05) is 6.54 Å². The van der Waals surface area contributed by atoms with E-state index in [-0.39, 0.29) is 10.9 Å². The van der Waals surface area contributed by atoms with Crippen LogP contribution in [0.5, 0.6) is 0 Å². The highest BCUT2D eigenvalue weighted by atomic mass is 79.9. The Kier molecular flexibility index (Phi) is 5.20. The second-order valence-corrected chi connectivity index (χ2v) is 6.65. The zero-order chi connectivity index (χ0) is 15.6. The quantitative estimate of drug-likeness (QED) is 0.758. The van der Waals surface area contributed by atoms with Crippen LogP contribution in [-0.2, 0) is 6.18 Å². The van der Waals surface area contributed by atoms with Crippen molar-refractivity contribution < 1.29 is 18.0 Å². The molecule has 7 heteroatoms. The molecule has 1 N–H and O–H groups in total. The van der Waals surface area contributed by atoms with Gasteiger partial charge in [0.05, 0.1) is 11.1 Å². The Bertz CT molecular complexity index is 535. The van der Waals surface area contributed by atoms with E-state index in [4.69, 9.17) is 11.6 Å². The molecule has 116 valence electrons. The molecule has 1 saturated carbocycles. The minimum atomic E-state index is -4.47. The number of nitrogens with one attached hydrogen (secondary N) is 1. The van der Waals surface area contributed by atoms with Gasteiger partial charge >= 0.3 is 6.18 Å². The maximum absolute atomic E-state index is 12.7. The van der Waals surface area contributed by atoms with Gasteiger partial charge < -0.3 is 5.32 Å². The summed E-state index contributed by atoms with van der Waals surface area (Å²) < 4.78 is 38.4. The molecule has 2 rings (SSSR count). The summed E-state index contributed by atoms with van der Waals surface area (Å²) in [7, 11) is 0. The standard InChI is InChI=1S/C14H14BrClF3NO/c15-12-4-2-9(14(17,18)19)6-11(12)13(21)20-7-8-1-3-10(16)5-8/h2,4,6,8,10H,1,3,5,7H2,(H,20,21). The Morgan fingerprint density at radius 3 is 2.67 bits per heavy atom. The second kappa shape index (κ2) is 6.57. The van der Waals surface area contributed by atoms with Gasteiger partial charge in [-0.15, -0.1) is 11.6 Å². The van der Waals surface area contributed by atoms with E-state index in [1.165, 1.54) is 6.07 Å². The molecule has 0 aromatic heterocycles.